The van der Waals surface area contributed by atoms with Crippen LogP contribution in [0.25, 0.3) is 6.08 Å². The number of carbonyl (C=O) groups is 1. The summed E-state index contributed by atoms with van der Waals surface area (Å²) in [4.78, 5) is 16.4. The zero-order chi connectivity index (χ0) is 16.2. The van der Waals surface area contributed by atoms with Crippen LogP contribution in [0.2, 0.25) is 0 Å². The van der Waals surface area contributed by atoms with E-state index in [1.807, 2.05) is 12.1 Å². The van der Waals surface area contributed by atoms with Gasteiger partial charge in [0.25, 0.3) is 5.91 Å². The summed E-state index contributed by atoms with van der Waals surface area (Å²) in [5.41, 5.74) is 7.09. The van der Waals surface area contributed by atoms with E-state index in [1.54, 1.807) is 19.2 Å². The van der Waals surface area contributed by atoms with E-state index in [1.165, 1.54) is 18.2 Å². The van der Waals surface area contributed by atoms with E-state index in [4.69, 9.17) is 4.74 Å². The van der Waals surface area contributed by atoms with Crippen LogP contribution in [0.1, 0.15) is 21.5 Å². The lowest BCUT2D eigenvalue weighted by molar-refractivity contribution is 0.0537. The molecule has 0 heterocycles. The number of allylic oxidation sites excluding steroid dienone is 1. The maximum absolute atomic E-state index is 11.8. The van der Waals surface area contributed by atoms with Gasteiger partial charge in [0, 0.05) is 11.3 Å². The van der Waals surface area contributed by atoms with Gasteiger partial charge in [0.1, 0.15) is 5.75 Å². The van der Waals surface area contributed by atoms with Crippen molar-refractivity contribution in [1.29, 1.82) is 0 Å². The third-order valence-corrected chi connectivity index (χ3v) is 3.72. The van der Waals surface area contributed by atoms with Crippen molar-refractivity contribution in [3.05, 3.63) is 59.2 Å². The minimum absolute atomic E-state index is 0.319. The monoisotopic (exact) mass is 310 g/mol. The maximum Gasteiger partial charge on any atom is 0.274 e. The molecule has 2 aromatic rings. The number of hydrogen-bond donors (Lipinski definition) is 2. The van der Waals surface area contributed by atoms with Gasteiger partial charge < -0.3 is 10.1 Å². The van der Waals surface area contributed by atoms with E-state index in [-0.39, 0.29) is 5.91 Å². The minimum Gasteiger partial charge on any atom is -0.495 e. The van der Waals surface area contributed by atoms with Crippen LogP contribution < -0.4 is 15.5 Å². The number of benzene rings is 2. The lowest BCUT2D eigenvalue weighted by Gasteiger charge is -2.13. The molecular weight excluding hydrogens is 292 g/mol. The Hall–Kier alpha value is -2.79. The zero-order valence-electron chi connectivity index (χ0n) is 13.1. The number of methoxy groups -OCH3 is 1. The molecule has 1 amide bonds. The first-order valence-electron chi connectivity index (χ1n) is 7.29. The molecule has 5 heteroatoms. The quantitative estimate of drug-likeness (QED) is 0.832. The fraction of sp³-hybridized carbons (Fsp3) is 0.167. The van der Waals surface area contributed by atoms with Crippen molar-refractivity contribution in [3.63, 3.8) is 0 Å². The highest BCUT2D eigenvalue weighted by Gasteiger charge is 2.11. The molecule has 0 saturated carbocycles. The van der Waals surface area contributed by atoms with Crippen molar-refractivity contribution < 1.29 is 14.4 Å². The van der Waals surface area contributed by atoms with Gasteiger partial charge in [-0.05, 0) is 47.9 Å². The molecule has 1 aliphatic rings. The SMILES string of the molecule is CONC(=O)c1ccc(Nc2ccc3c(c2)CC=C3)c(OC)c1. The summed E-state index contributed by atoms with van der Waals surface area (Å²) in [7, 11) is 2.97. The number of anilines is 2. The first-order chi connectivity index (χ1) is 11.2. The third kappa shape index (κ3) is 3.19. The van der Waals surface area contributed by atoms with Crippen LogP contribution >= 0.6 is 0 Å². The van der Waals surface area contributed by atoms with Crippen LogP contribution in [0.15, 0.2) is 42.5 Å². The first kappa shape index (κ1) is 15.1. The largest absolute Gasteiger partial charge is 0.495 e. The zero-order valence-corrected chi connectivity index (χ0v) is 13.1. The first-order valence-corrected chi connectivity index (χ1v) is 7.29. The van der Waals surface area contributed by atoms with Gasteiger partial charge in [-0.3, -0.25) is 9.63 Å². The molecule has 0 fully saturated rings. The average Bonchev–Trinajstić information content (AvgIpc) is 3.03. The van der Waals surface area contributed by atoms with Crippen LogP contribution in [0.3, 0.4) is 0 Å². The topological polar surface area (TPSA) is 59.6 Å². The fourth-order valence-electron chi connectivity index (χ4n) is 2.58. The second-order valence-electron chi connectivity index (χ2n) is 5.20. The van der Waals surface area contributed by atoms with Crippen molar-refractivity contribution in [2.75, 3.05) is 19.5 Å². The van der Waals surface area contributed by atoms with Crippen molar-refractivity contribution in [2.45, 2.75) is 6.42 Å². The number of ether oxygens (including phenoxy) is 1. The van der Waals surface area contributed by atoms with E-state index >= 15 is 0 Å². The molecule has 0 aromatic heterocycles. The Morgan fingerprint density at radius 2 is 2.00 bits per heavy atom. The Kier molecular flexibility index (Phi) is 4.30. The van der Waals surface area contributed by atoms with Gasteiger partial charge in [-0.2, -0.15) is 0 Å². The molecule has 3 rings (SSSR count). The molecule has 1 aliphatic carbocycles. The summed E-state index contributed by atoms with van der Waals surface area (Å²) >= 11 is 0. The number of hydroxylamine groups is 1. The minimum atomic E-state index is -0.319. The molecule has 0 bridgehead atoms. The molecule has 0 unspecified atom stereocenters. The number of rotatable bonds is 5. The van der Waals surface area contributed by atoms with Gasteiger partial charge in [-0.25, -0.2) is 5.48 Å². The highest BCUT2D eigenvalue weighted by atomic mass is 16.6. The van der Waals surface area contributed by atoms with Gasteiger partial charge >= 0.3 is 0 Å². The Labute approximate surface area is 134 Å². The molecule has 2 N–H and O–H groups in total. The van der Waals surface area contributed by atoms with E-state index in [0.29, 0.717) is 11.3 Å². The Morgan fingerprint density at radius 1 is 1.13 bits per heavy atom. The van der Waals surface area contributed by atoms with Crippen molar-refractivity contribution in [3.8, 4) is 5.75 Å². The molecule has 0 radical (unpaired) electrons. The van der Waals surface area contributed by atoms with E-state index in [0.717, 1.165) is 17.8 Å². The van der Waals surface area contributed by atoms with Crippen molar-refractivity contribution in [1.82, 2.24) is 5.48 Å². The van der Waals surface area contributed by atoms with E-state index in [9.17, 15) is 4.79 Å². The van der Waals surface area contributed by atoms with Crippen LogP contribution in [0, 0.1) is 0 Å². The maximum atomic E-state index is 11.8. The Morgan fingerprint density at radius 3 is 2.78 bits per heavy atom. The standard InChI is InChI=1S/C18H18N2O3/c1-22-17-11-14(18(21)20-23-2)7-9-16(17)19-15-8-6-12-4-3-5-13(12)10-15/h3-4,6-11,19H,5H2,1-2H3,(H,20,21). The second kappa shape index (κ2) is 6.54. The smallest absolute Gasteiger partial charge is 0.274 e. The number of amides is 1. The normalized spacial score (nSPS) is 11.9. The summed E-state index contributed by atoms with van der Waals surface area (Å²) in [6, 6.07) is 11.4. The van der Waals surface area contributed by atoms with Gasteiger partial charge in [0.2, 0.25) is 0 Å². The van der Waals surface area contributed by atoms with Gasteiger partial charge in [-0.15, -0.1) is 0 Å². The van der Waals surface area contributed by atoms with Gasteiger partial charge in [-0.1, -0.05) is 18.2 Å². The predicted molar refractivity (Wildman–Crippen MR) is 89.9 cm³/mol. The van der Waals surface area contributed by atoms with Gasteiger partial charge in [0.15, 0.2) is 0 Å². The average molecular weight is 310 g/mol. The fourth-order valence-corrected chi connectivity index (χ4v) is 2.58. The number of fused-ring (bicyclic) bond motifs is 1. The number of nitrogens with one attached hydrogen (secondary N) is 2. The molecule has 23 heavy (non-hydrogen) atoms. The Balaban J connectivity index is 1.84. The van der Waals surface area contributed by atoms with Crippen molar-refractivity contribution in [2.24, 2.45) is 0 Å². The van der Waals surface area contributed by atoms with Crippen LogP contribution in [0.5, 0.6) is 5.75 Å². The van der Waals surface area contributed by atoms with E-state index in [2.05, 4.69) is 39.9 Å². The molecule has 0 atom stereocenters. The highest BCUT2D eigenvalue weighted by molar-refractivity contribution is 5.94. The molecule has 2 aromatic carbocycles. The highest BCUT2D eigenvalue weighted by Crippen LogP contribution is 2.30. The number of carbonyl (C=O) groups excluding carboxylic acids is 1. The molecule has 0 aliphatic heterocycles. The lowest BCUT2D eigenvalue weighted by Crippen LogP contribution is -2.21. The van der Waals surface area contributed by atoms with E-state index < -0.39 is 0 Å². The molecular formula is C18H18N2O3. The van der Waals surface area contributed by atoms with Crippen LogP contribution in [0.4, 0.5) is 11.4 Å². The van der Waals surface area contributed by atoms with Gasteiger partial charge in [0.05, 0.1) is 19.9 Å². The summed E-state index contributed by atoms with van der Waals surface area (Å²) in [5, 5.41) is 3.34. The molecule has 0 spiro atoms. The lowest BCUT2D eigenvalue weighted by atomic mass is 10.1. The summed E-state index contributed by atoms with van der Waals surface area (Å²) < 4.78 is 5.38. The number of hydrogen-bond acceptors (Lipinski definition) is 4. The Bertz CT molecular complexity index is 769. The summed E-state index contributed by atoms with van der Waals surface area (Å²) in [5.74, 6) is 0.272. The van der Waals surface area contributed by atoms with Crippen LogP contribution in [-0.2, 0) is 11.3 Å². The molecule has 118 valence electrons. The predicted octanol–water partition coefficient (Wildman–Crippen LogP) is 3.30. The van der Waals surface area contributed by atoms with Crippen molar-refractivity contribution >= 4 is 23.4 Å². The molecule has 5 nitrogen and oxygen atoms in total. The molecule has 0 saturated heterocycles. The summed E-state index contributed by atoms with van der Waals surface area (Å²) in [6.07, 6.45) is 5.24. The third-order valence-electron chi connectivity index (χ3n) is 3.72. The summed E-state index contributed by atoms with van der Waals surface area (Å²) in [6.45, 7) is 0. The van der Waals surface area contributed by atoms with Crippen LogP contribution in [-0.4, -0.2) is 20.1 Å². The second-order valence-corrected chi connectivity index (χ2v) is 5.20.